The number of hydrogen-bond donors (Lipinski definition) is 0. The van der Waals surface area contributed by atoms with Crippen molar-refractivity contribution in [1.82, 2.24) is 24.6 Å². The minimum Gasteiger partial charge on any atom is -0.450 e. The molecule has 2 amide bonds. The van der Waals surface area contributed by atoms with Crippen LogP contribution in [0.2, 0.25) is 0 Å². The van der Waals surface area contributed by atoms with Gasteiger partial charge in [0, 0.05) is 50.4 Å². The lowest BCUT2D eigenvalue weighted by molar-refractivity contribution is -0.133. The average Bonchev–Trinajstić information content (AvgIpc) is 2.83. The predicted molar refractivity (Wildman–Crippen MR) is 118 cm³/mol. The van der Waals surface area contributed by atoms with Gasteiger partial charge in [0.2, 0.25) is 5.91 Å². The van der Waals surface area contributed by atoms with E-state index in [0.29, 0.717) is 44.6 Å². The molecule has 9 nitrogen and oxygen atoms in total. The second-order valence-electron chi connectivity index (χ2n) is 7.55. The molecule has 166 valence electrons. The van der Waals surface area contributed by atoms with E-state index in [1.165, 1.54) is 4.68 Å². The Balaban J connectivity index is 1.54. The normalized spacial score (nSPS) is 13.9. The molecule has 1 aliphatic heterocycles. The fraction of sp³-hybridized carbons (Fsp3) is 0.348. The molecule has 1 aliphatic rings. The summed E-state index contributed by atoms with van der Waals surface area (Å²) >= 11 is 0. The van der Waals surface area contributed by atoms with Crippen LogP contribution in [-0.4, -0.2) is 69.4 Å². The maximum absolute atomic E-state index is 13.0. The van der Waals surface area contributed by atoms with Crippen LogP contribution in [0.3, 0.4) is 0 Å². The number of fused-ring (bicyclic) bond motifs is 1. The lowest BCUT2D eigenvalue weighted by atomic mass is 10.1. The van der Waals surface area contributed by atoms with Crippen LogP contribution in [0.25, 0.3) is 10.8 Å². The third kappa shape index (κ3) is 4.61. The van der Waals surface area contributed by atoms with Crippen molar-refractivity contribution in [2.45, 2.75) is 19.9 Å². The van der Waals surface area contributed by atoms with Crippen molar-refractivity contribution in [3.8, 4) is 0 Å². The van der Waals surface area contributed by atoms with Crippen LogP contribution in [0.5, 0.6) is 0 Å². The van der Waals surface area contributed by atoms with Gasteiger partial charge in [0.15, 0.2) is 0 Å². The van der Waals surface area contributed by atoms with E-state index in [9.17, 15) is 14.4 Å². The zero-order chi connectivity index (χ0) is 22.5. The highest BCUT2D eigenvalue weighted by molar-refractivity contribution is 5.84. The second-order valence-corrected chi connectivity index (χ2v) is 7.55. The fourth-order valence-electron chi connectivity index (χ4n) is 3.82. The zero-order valence-corrected chi connectivity index (χ0v) is 17.9. The Bertz CT molecular complexity index is 1170. The largest absolute Gasteiger partial charge is 0.450 e. The molecule has 3 aromatic rings. The van der Waals surface area contributed by atoms with Crippen LogP contribution >= 0.6 is 0 Å². The number of hydrogen-bond acceptors (Lipinski definition) is 6. The summed E-state index contributed by atoms with van der Waals surface area (Å²) in [6.45, 7) is 3.52. The van der Waals surface area contributed by atoms with Gasteiger partial charge in [-0.3, -0.25) is 14.6 Å². The SMILES string of the molecule is CCOC(=O)N1CCN(C(=O)Cn2nc(Cc3ccncc3)c3ccccc3c2=O)CC1. The molecule has 0 radical (unpaired) electrons. The monoisotopic (exact) mass is 435 g/mol. The molecule has 1 fully saturated rings. The Hall–Kier alpha value is -3.75. The molecule has 0 aliphatic carbocycles. The predicted octanol–water partition coefficient (Wildman–Crippen LogP) is 1.68. The Morgan fingerprint density at radius 3 is 2.31 bits per heavy atom. The molecule has 0 unspecified atom stereocenters. The maximum Gasteiger partial charge on any atom is 0.409 e. The number of piperazine rings is 1. The van der Waals surface area contributed by atoms with Gasteiger partial charge >= 0.3 is 6.09 Å². The van der Waals surface area contributed by atoms with Gasteiger partial charge in [-0.05, 0) is 30.7 Å². The third-order valence-electron chi connectivity index (χ3n) is 5.51. The molecule has 0 N–H and O–H groups in total. The van der Waals surface area contributed by atoms with Crippen LogP contribution in [0.4, 0.5) is 4.79 Å². The highest BCUT2D eigenvalue weighted by Crippen LogP contribution is 2.17. The number of benzene rings is 1. The van der Waals surface area contributed by atoms with Crippen molar-refractivity contribution in [3.05, 3.63) is 70.4 Å². The van der Waals surface area contributed by atoms with Gasteiger partial charge in [-0.25, -0.2) is 9.48 Å². The van der Waals surface area contributed by atoms with Gasteiger partial charge in [-0.2, -0.15) is 5.10 Å². The minimum atomic E-state index is -0.368. The molecule has 9 heteroatoms. The summed E-state index contributed by atoms with van der Waals surface area (Å²) in [6.07, 6.45) is 3.59. The molecular formula is C23H25N5O4. The zero-order valence-electron chi connectivity index (χ0n) is 17.9. The van der Waals surface area contributed by atoms with Gasteiger partial charge in [0.05, 0.1) is 17.7 Å². The lowest BCUT2D eigenvalue weighted by Crippen LogP contribution is -2.51. The molecular weight excluding hydrogens is 410 g/mol. The number of carbonyl (C=O) groups is 2. The summed E-state index contributed by atoms with van der Waals surface area (Å²) in [5.41, 5.74) is 1.45. The number of nitrogens with zero attached hydrogens (tertiary/aromatic N) is 5. The van der Waals surface area contributed by atoms with Gasteiger partial charge in [0.1, 0.15) is 6.54 Å². The van der Waals surface area contributed by atoms with Crippen molar-refractivity contribution >= 4 is 22.8 Å². The summed E-state index contributed by atoms with van der Waals surface area (Å²) in [7, 11) is 0. The van der Waals surface area contributed by atoms with E-state index in [1.807, 2.05) is 24.3 Å². The van der Waals surface area contributed by atoms with Crippen LogP contribution in [0.15, 0.2) is 53.6 Å². The van der Waals surface area contributed by atoms with E-state index < -0.39 is 0 Å². The van der Waals surface area contributed by atoms with Crippen LogP contribution in [-0.2, 0) is 22.5 Å². The molecule has 0 saturated carbocycles. The van der Waals surface area contributed by atoms with Crippen molar-refractivity contribution in [2.75, 3.05) is 32.8 Å². The van der Waals surface area contributed by atoms with E-state index in [-0.39, 0.29) is 24.1 Å². The molecule has 1 aromatic carbocycles. The first-order chi connectivity index (χ1) is 15.6. The number of ether oxygens (including phenoxy) is 1. The third-order valence-corrected chi connectivity index (χ3v) is 5.51. The Morgan fingerprint density at radius 2 is 1.62 bits per heavy atom. The molecule has 32 heavy (non-hydrogen) atoms. The van der Waals surface area contributed by atoms with Crippen LogP contribution < -0.4 is 5.56 Å². The maximum atomic E-state index is 13.0. The van der Waals surface area contributed by atoms with Gasteiger partial charge in [-0.15, -0.1) is 0 Å². The van der Waals surface area contributed by atoms with Crippen molar-refractivity contribution in [2.24, 2.45) is 0 Å². The first-order valence-corrected chi connectivity index (χ1v) is 10.6. The number of aromatic nitrogens is 3. The van der Waals surface area contributed by atoms with Crippen molar-refractivity contribution < 1.29 is 14.3 Å². The molecule has 3 heterocycles. The topological polar surface area (TPSA) is 97.6 Å². The Kier molecular flexibility index (Phi) is 6.44. The summed E-state index contributed by atoms with van der Waals surface area (Å²) < 4.78 is 6.26. The van der Waals surface area contributed by atoms with E-state index in [2.05, 4.69) is 10.1 Å². The molecule has 0 bridgehead atoms. The standard InChI is InChI=1S/C23H25N5O4/c1-2-32-23(31)27-13-11-26(12-14-27)21(29)16-28-22(30)19-6-4-3-5-18(19)20(25-28)15-17-7-9-24-10-8-17/h3-10H,2,11-16H2,1H3. The van der Waals surface area contributed by atoms with Gasteiger partial charge in [-0.1, -0.05) is 18.2 Å². The molecule has 0 spiro atoms. The van der Waals surface area contributed by atoms with Crippen LogP contribution in [0, 0.1) is 0 Å². The number of pyridine rings is 1. The first kappa shape index (κ1) is 21.5. The van der Waals surface area contributed by atoms with E-state index >= 15 is 0 Å². The van der Waals surface area contributed by atoms with Crippen molar-refractivity contribution in [3.63, 3.8) is 0 Å². The first-order valence-electron chi connectivity index (χ1n) is 10.6. The highest BCUT2D eigenvalue weighted by atomic mass is 16.6. The summed E-state index contributed by atoms with van der Waals surface area (Å²) in [5, 5.41) is 5.86. The van der Waals surface area contributed by atoms with E-state index in [1.54, 1.807) is 41.2 Å². The molecule has 1 saturated heterocycles. The van der Waals surface area contributed by atoms with E-state index in [4.69, 9.17) is 4.74 Å². The molecule has 4 rings (SSSR count). The highest BCUT2D eigenvalue weighted by Gasteiger charge is 2.25. The van der Waals surface area contributed by atoms with Crippen molar-refractivity contribution in [1.29, 1.82) is 0 Å². The fourth-order valence-corrected chi connectivity index (χ4v) is 3.82. The Morgan fingerprint density at radius 1 is 0.969 bits per heavy atom. The smallest absolute Gasteiger partial charge is 0.409 e. The minimum absolute atomic E-state index is 0.146. The summed E-state index contributed by atoms with van der Waals surface area (Å²) in [6, 6.07) is 11.1. The van der Waals surface area contributed by atoms with Gasteiger partial charge < -0.3 is 14.5 Å². The quantitative estimate of drug-likeness (QED) is 0.605. The molecule has 0 atom stereocenters. The second kappa shape index (κ2) is 9.59. The van der Waals surface area contributed by atoms with Gasteiger partial charge in [0.25, 0.3) is 5.56 Å². The summed E-state index contributed by atoms with van der Waals surface area (Å²) in [5.74, 6) is -0.201. The summed E-state index contributed by atoms with van der Waals surface area (Å²) in [4.78, 5) is 45.1. The lowest BCUT2D eigenvalue weighted by Gasteiger charge is -2.34. The Labute approximate surface area is 185 Å². The number of rotatable bonds is 5. The molecule has 2 aromatic heterocycles. The van der Waals surface area contributed by atoms with E-state index in [0.717, 1.165) is 16.6 Å². The average molecular weight is 435 g/mol. The van der Waals surface area contributed by atoms with Crippen LogP contribution in [0.1, 0.15) is 18.2 Å². The number of amides is 2. The number of carbonyl (C=O) groups excluding carboxylic acids is 2.